The Bertz CT molecular complexity index is 1140. The van der Waals surface area contributed by atoms with E-state index >= 15 is 0 Å². The highest BCUT2D eigenvalue weighted by Gasteiger charge is 2.18. The van der Waals surface area contributed by atoms with Crippen LogP contribution in [0.5, 0.6) is 0 Å². The predicted octanol–water partition coefficient (Wildman–Crippen LogP) is 3.18. The van der Waals surface area contributed by atoms with Gasteiger partial charge in [-0.1, -0.05) is 29.8 Å². The van der Waals surface area contributed by atoms with Gasteiger partial charge in [-0.15, -0.1) is 0 Å². The van der Waals surface area contributed by atoms with Crippen LogP contribution in [0.1, 0.15) is 15.9 Å². The Labute approximate surface area is 164 Å². The number of ether oxygens (including phenoxy) is 1. The maximum Gasteiger partial charge on any atom is 0.354 e. The van der Waals surface area contributed by atoms with Gasteiger partial charge in [0.1, 0.15) is 6.11 Å². The van der Waals surface area contributed by atoms with Crippen LogP contribution in [0.25, 0.3) is 5.69 Å². The molecule has 2 aromatic carbocycles. The molecule has 0 amide bonds. The number of sulfonamides is 1. The van der Waals surface area contributed by atoms with E-state index < -0.39 is 16.0 Å². The standard InChI is InChI=1S/C21H18N2O4S/c1-17-9-11-18(12-10-17)28(25,26)22(2)15-16-27-21(24)19-7-3-4-8-20(19)23-13-5-6-14-23/h3-14H,1-2H3. The summed E-state index contributed by atoms with van der Waals surface area (Å²) in [6.45, 7) is 1.87. The van der Waals surface area contributed by atoms with Gasteiger partial charge in [-0.3, -0.25) is 0 Å². The lowest BCUT2D eigenvalue weighted by Crippen LogP contribution is -2.22. The summed E-state index contributed by atoms with van der Waals surface area (Å²) in [4.78, 5) is 12.5. The zero-order valence-electron chi connectivity index (χ0n) is 15.4. The first-order chi connectivity index (χ1) is 13.4. The van der Waals surface area contributed by atoms with Crippen LogP contribution in [0.2, 0.25) is 0 Å². The third kappa shape index (κ3) is 4.08. The number of nitrogens with zero attached hydrogens (tertiary/aromatic N) is 2. The molecule has 28 heavy (non-hydrogen) atoms. The molecule has 3 rings (SSSR count). The van der Waals surface area contributed by atoms with Crippen LogP contribution in [0.4, 0.5) is 0 Å². The second-order valence-corrected chi connectivity index (χ2v) is 7.97. The van der Waals surface area contributed by atoms with Crippen molar-refractivity contribution in [3.8, 4) is 17.8 Å². The highest BCUT2D eigenvalue weighted by atomic mass is 32.2. The fraction of sp³-hybridized carbons (Fsp3) is 0.0952. The largest absolute Gasteiger partial charge is 0.367 e. The number of rotatable bonds is 4. The van der Waals surface area contributed by atoms with Crippen LogP contribution in [0, 0.1) is 19.1 Å². The summed E-state index contributed by atoms with van der Waals surface area (Å²) < 4.78 is 32.5. The number of aryl methyl sites for hydroxylation is 1. The maximum atomic E-state index is 12.5. The monoisotopic (exact) mass is 394 g/mol. The van der Waals surface area contributed by atoms with E-state index in [1.165, 1.54) is 19.2 Å². The molecule has 0 unspecified atom stereocenters. The Morgan fingerprint density at radius 1 is 1.00 bits per heavy atom. The summed E-state index contributed by atoms with van der Waals surface area (Å²) in [5.74, 6) is -0.669. The number of carbonyl (C=O) groups is 1. The first-order valence-electron chi connectivity index (χ1n) is 8.39. The van der Waals surface area contributed by atoms with E-state index in [1.807, 2.05) is 19.1 Å². The lowest BCUT2D eigenvalue weighted by molar-refractivity contribution is 0.0689. The highest BCUT2D eigenvalue weighted by Crippen LogP contribution is 2.16. The SMILES string of the molecule is Cc1ccc(S(=O)(=O)N(C)C#COC(=O)c2ccccc2-n2cccc2)cc1. The normalized spacial score (nSPS) is 10.6. The third-order valence-corrected chi connectivity index (χ3v) is 5.71. The summed E-state index contributed by atoms with van der Waals surface area (Å²) in [6.07, 6.45) is 5.79. The minimum atomic E-state index is -3.80. The zero-order chi connectivity index (χ0) is 20.1. The van der Waals surface area contributed by atoms with Gasteiger partial charge < -0.3 is 9.30 Å². The number of benzene rings is 2. The molecule has 0 aliphatic rings. The minimum absolute atomic E-state index is 0.110. The summed E-state index contributed by atoms with van der Waals surface area (Å²) in [5.41, 5.74) is 1.90. The first kappa shape index (κ1) is 19.3. The van der Waals surface area contributed by atoms with Crippen LogP contribution in [-0.4, -0.2) is 30.3 Å². The number of hydrogen-bond donors (Lipinski definition) is 0. The number of esters is 1. The van der Waals surface area contributed by atoms with Crippen LogP contribution in [-0.2, 0) is 14.8 Å². The van der Waals surface area contributed by atoms with Gasteiger partial charge in [0.15, 0.2) is 0 Å². The van der Waals surface area contributed by atoms with Crippen molar-refractivity contribution in [2.45, 2.75) is 11.8 Å². The predicted molar refractivity (Wildman–Crippen MR) is 105 cm³/mol. The first-order valence-corrected chi connectivity index (χ1v) is 9.83. The lowest BCUT2D eigenvalue weighted by Gasteiger charge is -2.12. The molecule has 0 aliphatic heterocycles. The van der Waals surface area contributed by atoms with E-state index in [1.54, 1.807) is 53.4 Å². The van der Waals surface area contributed by atoms with Gasteiger partial charge in [0.2, 0.25) is 0 Å². The molecule has 142 valence electrons. The van der Waals surface area contributed by atoms with Crippen LogP contribution in [0.15, 0.2) is 78.0 Å². The van der Waals surface area contributed by atoms with Crippen LogP contribution < -0.4 is 0 Å². The van der Waals surface area contributed by atoms with Gasteiger partial charge >= 0.3 is 5.97 Å². The molecule has 0 saturated carbocycles. The molecule has 1 heterocycles. The molecule has 1 aromatic heterocycles. The van der Waals surface area contributed by atoms with E-state index in [0.29, 0.717) is 11.3 Å². The van der Waals surface area contributed by atoms with Gasteiger partial charge in [0, 0.05) is 19.4 Å². The Balaban J connectivity index is 1.76. The van der Waals surface area contributed by atoms with Gasteiger partial charge in [-0.2, -0.15) is 0 Å². The topological polar surface area (TPSA) is 68.6 Å². The smallest absolute Gasteiger partial charge is 0.354 e. The van der Waals surface area contributed by atoms with Crippen molar-refractivity contribution < 1.29 is 17.9 Å². The number of para-hydroxylation sites is 1. The van der Waals surface area contributed by atoms with E-state index in [-0.39, 0.29) is 4.90 Å². The molecule has 6 nitrogen and oxygen atoms in total. The fourth-order valence-electron chi connectivity index (χ4n) is 2.48. The van der Waals surface area contributed by atoms with Crippen molar-refractivity contribution in [2.75, 3.05) is 7.05 Å². The van der Waals surface area contributed by atoms with Crippen molar-refractivity contribution in [3.63, 3.8) is 0 Å². The second-order valence-electron chi connectivity index (χ2n) is 6.00. The molecular formula is C21H18N2O4S. The van der Waals surface area contributed by atoms with Crippen molar-refractivity contribution >= 4 is 16.0 Å². The highest BCUT2D eigenvalue weighted by molar-refractivity contribution is 7.89. The molecule has 3 aromatic rings. The summed E-state index contributed by atoms with van der Waals surface area (Å²) in [5, 5.41) is 0. The Kier molecular flexibility index (Phi) is 5.52. The Hall–Kier alpha value is -3.50. The molecule has 0 N–H and O–H groups in total. The molecule has 7 heteroatoms. The summed E-state index contributed by atoms with van der Waals surface area (Å²) in [6, 6.07) is 19.3. The number of carbonyl (C=O) groups excluding carboxylic acids is 1. The molecule has 0 atom stereocenters. The third-order valence-electron chi connectivity index (χ3n) is 4.03. The Morgan fingerprint density at radius 3 is 2.32 bits per heavy atom. The van der Waals surface area contributed by atoms with E-state index in [9.17, 15) is 13.2 Å². The van der Waals surface area contributed by atoms with Gasteiger partial charge in [-0.25, -0.2) is 17.5 Å². The average molecular weight is 394 g/mol. The maximum absolute atomic E-state index is 12.5. The van der Waals surface area contributed by atoms with Crippen LogP contribution in [0.3, 0.4) is 0 Å². The van der Waals surface area contributed by atoms with E-state index in [0.717, 1.165) is 9.87 Å². The van der Waals surface area contributed by atoms with Gasteiger partial charge in [-0.05, 0) is 43.3 Å². The minimum Gasteiger partial charge on any atom is -0.367 e. The van der Waals surface area contributed by atoms with Crippen molar-refractivity contribution in [1.29, 1.82) is 0 Å². The molecule has 0 radical (unpaired) electrons. The fourth-order valence-corrected chi connectivity index (χ4v) is 3.44. The summed E-state index contributed by atoms with van der Waals surface area (Å²) in [7, 11) is -2.50. The molecule has 0 bridgehead atoms. The zero-order valence-corrected chi connectivity index (χ0v) is 16.2. The van der Waals surface area contributed by atoms with Crippen molar-refractivity contribution in [1.82, 2.24) is 8.87 Å². The summed E-state index contributed by atoms with van der Waals surface area (Å²) >= 11 is 0. The Morgan fingerprint density at radius 2 is 1.64 bits per heavy atom. The molecule has 0 aliphatic carbocycles. The molecule has 0 spiro atoms. The molecule has 0 fully saturated rings. The quantitative estimate of drug-likeness (QED) is 0.387. The second kappa shape index (κ2) is 8.03. The van der Waals surface area contributed by atoms with Gasteiger partial charge in [0.05, 0.1) is 22.2 Å². The van der Waals surface area contributed by atoms with Gasteiger partial charge in [0.25, 0.3) is 10.0 Å². The molecular weight excluding hydrogens is 376 g/mol. The van der Waals surface area contributed by atoms with E-state index in [4.69, 9.17) is 4.74 Å². The van der Waals surface area contributed by atoms with Crippen LogP contribution >= 0.6 is 0 Å². The molecule has 0 saturated heterocycles. The van der Waals surface area contributed by atoms with Crippen molar-refractivity contribution in [3.05, 3.63) is 84.2 Å². The number of hydrogen-bond acceptors (Lipinski definition) is 4. The lowest BCUT2D eigenvalue weighted by atomic mass is 10.2. The van der Waals surface area contributed by atoms with Crippen molar-refractivity contribution in [2.24, 2.45) is 0 Å². The number of aromatic nitrogens is 1. The average Bonchev–Trinajstić information content (AvgIpc) is 3.22. The van der Waals surface area contributed by atoms with E-state index in [2.05, 4.69) is 12.2 Å².